The summed E-state index contributed by atoms with van der Waals surface area (Å²) in [5.41, 5.74) is 4.18. The van der Waals surface area contributed by atoms with Gasteiger partial charge in [-0.05, 0) is 60.1 Å². The maximum Gasteiger partial charge on any atom is 0.336 e. The summed E-state index contributed by atoms with van der Waals surface area (Å²) < 4.78 is 0. The van der Waals surface area contributed by atoms with Gasteiger partial charge in [-0.1, -0.05) is 128 Å². The molecule has 0 aliphatic rings. The lowest BCUT2D eigenvalue weighted by molar-refractivity contribution is 0.0651. The molecule has 210 valence electrons. The van der Waals surface area contributed by atoms with Crippen LogP contribution in [0.2, 0.25) is 0 Å². The van der Waals surface area contributed by atoms with Gasteiger partial charge in [0.05, 0.1) is 11.1 Å². The van der Waals surface area contributed by atoms with Gasteiger partial charge in [0, 0.05) is 0 Å². The summed E-state index contributed by atoms with van der Waals surface area (Å²) >= 11 is 0. The highest BCUT2D eigenvalue weighted by molar-refractivity contribution is 6.02. The standard InChI is InChI=1S/C34H50O4/c1-3-5-7-9-11-13-15-17-20-27-21-19-23-30(29(27)22-18-16-14-12-10-8-6-4-2)28-24-25-31(33(35)36)32(26-28)34(37)38/h19,21,23-26H,3-18,20,22H2,1-2H3,(H,35,36)(H,37,38). The summed E-state index contributed by atoms with van der Waals surface area (Å²) in [5.74, 6) is -2.42. The molecule has 4 heteroatoms. The summed E-state index contributed by atoms with van der Waals surface area (Å²) in [5, 5.41) is 19.1. The van der Waals surface area contributed by atoms with Crippen LogP contribution in [0.1, 0.15) is 148 Å². The fourth-order valence-electron chi connectivity index (χ4n) is 5.39. The third kappa shape index (κ3) is 11.0. The molecule has 0 atom stereocenters. The van der Waals surface area contributed by atoms with Crippen LogP contribution >= 0.6 is 0 Å². The van der Waals surface area contributed by atoms with Crippen molar-refractivity contribution in [2.75, 3.05) is 0 Å². The van der Waals surface area contributed by atoms with Gasteiger partial charge in [-0.2, -0.15) is 0 Å². The largest absolute Gasteiger partial charge is 0.478 e. The van der Waals surface area contributed by atoms with Crippen LogP contribution in [0.15, 0.2) is 36.4 Å². The van der Waals surface area contributed by atoms with Crippen molar-refractivity contribution in [3.8, 4) is 11.1 Å². The maximum atomic E-state index is 11.8. The third-order valence-corrected chi connectivity index (χ3v) is 7.64. The lowest BCUT2D eigenvalue weighted by Gasteiger charge is -2.17. The Morgan fingerprint density at radius 2 is 1.08 bits per heavy atom. The predicted octanol–water partition coefficient (Wildman–Crippen LogP) is 10.1. The van der Waals surface area contributed by atoms with E-state index in [0.717, 1.165) is 30.4 Å². The zero-order valence-electron chi connectivity index (χ0n) is 23.9. The molecule has 2 rings (SSSR count). The van der Waals surface area contributed by atoms with Gasteiger partial charge in [0.2, 0.25) is 0 Å². The fourth-order valence-corrected chi connectivity index (χ4v) is 5.39. The van der Waals surface area contributed by atoms with Crippen molar-refractivity contribution in [3.05, 3.63) is 58.7 Å². The second-order valence-corrected chi connectivity index (χ2v) is 10.8. The Kier molecular flexibility index (Phi) is 15.5. The molecular formula is C34H50O4. The van der Waals surface area contributed by atoms with Crippen molar-refractivity contribution in [2.45, 2.75) is 129 Å². The molecule has 0 unspecified atom stereocenters. The first-order chi connectivity index (χ1) is 18.5. The van der Waals surface area contributed by atoms with Crippen molar-refractivity contribution in [1.82, 2.24) is 0 Å². The summed E-state index contributed by atoms with van der Waals surface area (Å²) in [6.45, 7) is 4.50. The van der Waals surface area contributed by atoms with E-state index in [1.807, 2.05) is 0 Å². The van der Waals surface area contributed by atoms with Crippen LogP contribution < -0.4 is 0 Å². The number of carboxylic acids is 2. The molecule has 0 bridgehead atoms. The van der Waals surface area contributed by atoms with E-state index < -0.39 is 11.9 Å². The average Bonchev–Trinajstić information content (AvgIpc) is 2.91. The van der Waals surface area contributed by atoms with E-state index in [4.69, 9.17) is 0 Å². The molecule has 0 aliphatic heterocycles. The molecule has 0 radical (unpaired) electrons. The van der Waals surface area contributed by atoms with Gasteiger partial charge in [-0.15, -0.1) is 0 Å². The van der Waals surface area contributed by atoms with Crippen molar-refractivity contribution >= 4 is 11.9 Å². The van der Waals surface area contributed by atoms with Gasteiger partial charge in [0.15, 0.2) is 0 Å². The molecule has 2 aromatic carbocycles. The van der Waals surface area contributed by atoms with E-state index in [2.05, 4.69) is 32.0 Å². The topological polar surface area (TPSA) is 74.6 Å². The third-order valence-electron chi connectivity index (χ3n) is 7.64. The highest BCUT2D eigenvalue weighted by Gasteiger charge is 2.18. The zero-order valence-corrected chi connectivity index (χ0v) is 23.9. The number of aryl methyl sites for hydroxylation is 1. The number of hydrogen-bond acceptors (Lipinski definition) is 2. The van der Waals surface area contributed by atoms with E-state index in [9.17, 15) is 19.8 Å². The monoisotopic (exact) mass is 522 g/mol. The van der Waals surface area contributed by atoms with E-state index in [0.29, 0.717) is 0 Å². The summed E-state index contributed by atoms with van der Waals surface area (Å²) in [4.78, 5) is 23.4. The lowest BCUT2D eigenvalue weighted by Crippen LogP contribution is -2.08. The summed E-state index contributed by atoms with van der Waals surface area (Å²) in [7, 11) is 0. The van der Waals surface area contributed by atoms with Gasteiger partial charge >= 0.3 is 11.9 Å². The second-order valence-electron chi connectivity index (χ2n) is 10.8. The van der Waals surface area contributed by atoms with E-state index in [1.54, 1.807) is 12.1 Å². The first kappa shape index (κ1) is 31.6. The Labute approximate surface area is 230 Å². The van der Waals surface area contributed by atoms with Crippen LogP contribution in [0.4, 0.5) is 0 Å². The summed E-state index contributed by atoms with van der Waals surface area (Å²) in [6.07, 6.45) is 22.5. The van der Waals surface area contributed by atoms with Crippen LogP contribution in [-0.2, 0) is 12.8 Å². The maximum absolute atomic E-state index is 11.8. The van der Waals surface area contributed by atoms with Crippen LogP contribution in [0.3, 0.4) is 0 Å². The van der Waals surface area contributed by atoms with Crippen molar-refractivity contribution < 1.29 is 19.8 Å². The van der Waals surface area contributed by atoms with Crippen LogP contribution in [0.5, 0.6) is 0 Å². The minimum Gasteiger partial charge on any atom is -0.478 e. The zero-order chi connectivity index (χ0) is 27.6. The lowest BCUT2D eigenvalue weighted by atomic mass is 9.88. The van der Waals surface area contributed by atoms with E-state index in [1.165, 1.54) is 114 Å². The minimum atomic E-state index is -1.21. The molecule has 0 spiro atoms. The first-order valence-electron chi connectivity index (χ1n) is 15.2. The molecule has 38 heavy (non-hydrogen) atoms. The Balaban J connectivity index is 2.14. The fraction of sp³-hybridized carbons (Fsp3) is 0.588. The number of rotatable bonds is 21. The number of hydrogen-bond donors (Lipinski definition) is 2. The smallest absolute Gasteiger partial charge is 0.336 e. The van der Waals surface area contributed by atoms with Crippen molar-refractivity contribution in [3.63, 3.8) is 0 Å². The van der Waals surface area contributed by atoms with Gasteiger partial charge in [0.25, 0.3) is 0 Å². The number of carboxylic acid groups (broad SMARTS) is 2. The number of unbranched alkanes of at least 4 members (excludes halogenated alkanes) is 14. The molecule has 0 fully saturated rings. The van der Waals surface area contributed by atoms with E-state index in [-0.39, 0.29) is 11.1 Å². The molecule has 0 saturated heterocycles. The minimum absolute atomic E-state index is 0.151. The molecule has 0 amide bonds. The number of carbonyl (C=O) groups is 2. The SMILES string of the molecule is CCCCCCCCCCc1cccc(-c2ccc(C(=O)O)c(C(=O)O)c2)c1CCCCCCCCCC. The van der Waals surface area contributed by atoms with Gasteiger partial charge in [-0.25, -0.2) is 9.59 Å². The molecule has 0 heterocycles. The van der Waals surface area contributed by atoms with Gasteiger partial charge in [0.1, 0.15) is 0 Å². The summed E-state index contributed by atoms with van der Waals surface area (Å²) in [6, 6.07) is 11.1. The van der Waals surface area contributed by atoms with Crippen molar-refractivity contribution in [2.24, 2.45) is 0 Å². The highest BCUT2D eigenvalue weighted by atomic mass is 16.4. The van der Waals surface area contributed by atoms with Gasteiger partial charge < -0.3 is 10.2 Å². The Morgan fingerprint density at radius 1 is 0.579 bits per heavy atom. The predicted molar refractivity (Wildman–Crippen MR) is 158 cm³/mol. The Morgan fingerprint density at radius 3 is 1.61 bits per heavy atom. The Hall–Kier alpha value is -2.62. The molecule has 2 N–H and O–H groups in total. The van der Waals surface area contributed by atoms with Crippen LogP contribution in [0, 0.1) is 0 Å². The van der Waals surface area contributed by atoms with E-state index >= 15 is 0 Å². The molecule has 2 aromatic rings. The number of benzene rings is 2. The van der Waals surface area contributed by atoms with Crippen LogP contribution in [-0.4, -0.2) is 22.2 Å². The second kappa shape index (κ2) is 18.6. The van der Waals surface area contributed by atoms with Crippen LogP contribution in [0.25, 0.3) is 11.1 Å². The molecule has 0 aliphatic carbocycles. The molecule has 4 nitrogen and oxygen atoms in total. The quantitative estimate of drug-likeness (QED) is 0.160. The first-order valence-corrected chi connectivity index (χ1v) is 15.2. The molecular weight excluding hydrogens is 472 g/mol. The molecule has 0 saturated carbocycles. The molecule has 0 aromatic heterocycles. The number of aromatic carboxylic acids is 2. The average molecular weight is 523 g/mol. The van der Waals surface area contributed by atoms with Crippen molar-refractivity contribution in [1.29, 1.82) is 0 Å². The highest BCUT2D eigenvalue weighted by Crippen LogP contribution is 2.31. The Bertz CT molecular complexity index is 978. The van der Waals surface area contributed by atoms with Gasteiger partial charge in [-0.3, -0.25) is 0 Å². The normalized spacial score (nSPS) is 11.1.